The molecular formula is C14H18N2O4. The molecule has 1 rings (SSSR count). The monoisotopic (exact) mass is 278 g/mol. The number of carboxylic acid groups (broad SMARTS) is 1. The smallest absolute Gasteiger partial charge is 0.313 e. The van der Waals surface area contributed by atoms with E-state index in [9.17, 15) is 14.4 Å². The number of carbonyl (C=O) groups is 3. The molecular weight excluding hydrogens is 260 g/mol. The van der Waals surface area contributed by atoms with E-state index in [4.69, 9.17) is 5.11 Å². The minimum Gasteiger partial charge on any atom is -0.481 e. The SMILES string of the molecule is Cc1ccc(NC(=O)C(=O)NCCCCC(=O)O)cc1. The molecule has 0 aliphatic carbocycles. The first kappa shape index (κ1) is 15.7. The van der Waals surface area contributed by atoms with Gasteiger partial charge in [0.05, 0.1) is 0 Å². The minimum atomic E-state index is -0.867. The van der Waals surface area contributed by atoms with Gasteiger partial charge in [0.25, 0.3) is 0 Å². The topological polar surface area (TPSA) is 95.5 Å². The first-order valence-corrected chi connectivity index (χ1v) is 6.36. The molecule has 6 heteroatoms. The fourth-order valence-corrected chi connectivity index (χ4v) is 1.51. The summed E-state index contributed by atoms with van der Waals surface area (Å²) in [5.41, 5.74) is 1.62. The van der Waals surface area contributed by atoms with Crippen molar-refractivity contribution in [3.8, 4) is 0 Å². The van der Waals surface area contributed by atoms with Crippen LogP contribution in [0, 0.1) is 6.92 Å². The Balaban J connectivity index is 2.27. The number of aliphatic carboxylic acids is 1. The number of anilines is 1. The van der Waals surface area contributed by atoms with Crippen molar-refractivity contribution in [2.45, 2.75) is 26.2 Å². The lowest BCUT2D eigenvalue weighted by Gasteiger charge is -2.06. The van der Waals surface area contributed by atoms with Crippen molar-refractivity contribution in [1.29, 1.82) is 0 Å². The molecule has 0 aromatic heterocycles. The second-order valence-electron chi connectivity index (χ2n) is 4.43. The van der Waals surface area contributed by atoms with Crippen molar-refractivity contribution < 1.29 is 19.5 Å². The summed E-state index contributed by atoms with van der Waals surface area (Å²) in [7, 11) is 0. The van der Waals surface area contributed by atoms with Gasteiger partial charge in [-0.1, -0.05) is 17.7 Å². The third-order valence-electron chi connectivity index (χ3n) is 2.62. The molecule has 0 bridgehead atoms. The molecule has 2 amide bonds. The molecule has 0 spiro atoms. The number of hydrogen-bond donors (Lipinski definition) is 3. The molecule has 20 heavy (non-hydrogen) atoms. The molecule has 3 N–H and O–H groups in total. The standard InChI is InChI=1S/C14H18N2O4/c1-10-5-7-11(8-6-10)16-14(20)13(19)15-9-3-2-4-12(17)18/h5-8H,2-4,9H2,1H3,(H,15,19)(H,16,20)(H,17,18). The molecule has 1 aromatic carbocycles. The summed E-state index contributed by atoms with van der Waals surface area (Å²) in [5.74, 6) is -2.32. The number of unbranched alkanes of at least 4 members (excludes halogenated alkanes) is 1. The Morgan fingerprint density at radius 3 is 2.30 bits per heavy atom. The third-order valence-corrected chi connectivity index (χ3v) is 2.62. The van der Waals surface area contributed by atoms with Crippen LogP contribution in [0.4, 0.5) is 5.69 Å². The molecule has 0 saturated carbocycles. The average molecular weight is 278 g/mol. The van der Waals surface area contributed by atoms with Crippen LogP contribution >= 0.6 is 0 Å². The molecule has 0 atom stereocenters. The van der Waals surface area contributed by atoms with Gasteiger partial charge in [-0.15, -0.1) is 0 Å². The van der Waals surface area contributed by atoms with Crippen molar-refractivity contribution >= 4 is 23.5 Å². The number of benzene rings is 1. The van der Waals surface area contributed by atoms with E-state index in [2.05, 4.69) is 10.6 Å². The van der Waals surface area contributed by atoms with Crippen LogP contribution in [-0.2, 0) is 14.4 Å². The summed E-state index contributed by atoms with van der Waals surface area (Å²) < 4.78 is 0. The van der Waals surface area contributed by atoms with Crippen LogP contribution < -0.4 is 10.6 Å². The highest BCUT2D eigenvalue weighted by Crippen LogP contribution is 2.08. The normalized spacial score (nSPS) is 9.85. The van der Waals surface area contributed by atoms with Crippen LogP contribution in [0.1, 0.15) is 24.8 Å². The highest BCUT2D eigenvalue weighted by molar-refractivity contribution is 6.39. The molecule has 0 saturated heterocycles. The first-order chi connectivity index (χ1) is 9.49. The Kier molecular flexibility index (Phi) is 6.22. The van der Waals surface area contributed by atoms with Crippen molar-refractivity contribution in [2.75, 3.05) is 11.9 Å². The van der Waals surface area contributed by atoms with Crippen LogP contribution in [0.2, 0.25) is 0 Å². The Morgan fingerprint density at radius 1 is 1.05 bits per heavy atom. The Hall–Kier alpha value is -2.37. The molecule has 0 aliphatic rings. The number of nitrogens with one attached hydrogen (secondary N) is 2. The van der Waals surface area contributed by atoms with Gasteiger partial charge in [0.1, 0.15) is 0 Å². The zero-order chi connectivity index (χ0) is 15.0. The third kappa shape index (κ3) is 5.99. The Morgan fingerprint density at radius 2 is 1.70 bits per heavy atom. The predicted molar refractivity (Wildman–Crippen MR) is 74.3 cm³/mol. The highest BCUT2D eigenvalue weighted by atomic mass is 16.4. The van der Waals surface area contributed by atoms with Crippen LogP contribution in [0.15, 0.2) is 24.3 Å². The lowest BCUT2D eigenvalue weighted by molar-refractivity contribution is -0.137. The van der Waals surface area contributed by atoms with E-state index < -0.39 is 17.8 Å². The fourth-order valence-electron chi connectivity index (χ4n) is 1.51. The number of aryl methyl sites for hydroxylation is 1. The van der Waals surface area contributed by atoms with Gasteiger partial charge < -0.3 is 15.7 Å². The molecule has 0 heterocycles. The average Bonchev–Trinajstić information content (AvgIpc) is 2.40. The summed E-state index contributed by atoms with van der Waals surface area (Å²) in [6, 6.07) is 7.10. The first-order valence-electron chi connectivity index (χ1n) is 6.36. The summed E-state index contributed by atoms with van der Waals surface area (Å²) in [4.78, 5) is 33.3. The van der Waals surface area contributed by atoms with Crippen LogP contribution in [0.5, 0.6) is 0 Å². The maximum absolute atomic E-state index is 11.6. The van der Waals surface area contributed by atoms with E-state index in [1.807, 2.05) is 19.1 Å². The molecule has 0 unspecified atom stereocenters. The van der Waals surface area contributed by atoms with E-state index in [1.165, 1.54) is 0 Å². The molecule has 108 valence electrons. The van der Waals surface area contributed by atoms with E-state index in [0.29, 0.717) is 18.5 Å². The predicted octanol–water partition coefficient (Wildman–Crippen LogP) is 1.30. The van der Waals surface area contributed by atoms with Gasteiger partial charge in [-0.05, 0) is 31.9 Å². The minimum absolute atomic E-state index is 0.0609. The van der Waals surface area contributed by atoms with E-state index in [0.717, 1.165) is 5.56 Å². The number of carbonyl (C=O) groups excluding carboxylic acids is 2. The number of hydrogen-bond acceptors (Lipinski definition) is 3. The molecule has 0 aliphatic heterocycles. The summed E-state index contributed by atoms with van der Waals surface area (Å²) in [5, 5.41) is 13.4. The second kappa shape index (κ2) is 7.93. The number of amides is 2. The lowest BCUT2D eigenvalue weighted by Crippen LogP contribution is -2.35. The summed E-state index contributed by atoms with van der Waals surface area (Å²) >= 11 is 0. The van der Waals surface area contributed by atoms with E-state index >= 15 is 0 Å². The van der Waals surface area contributed by atoms with Crippen molar-refractivity contribution in [2.24, 2.45) is 0 Å². The van der Waals surface area contributed by atoms with Gasteiger partial charge in [-0.25, -0.2) is 0 Å². The summed E-state index contributed by atoms with van der Waals surface area (Å²) in [6.07, 6.45) is 1.05. The zero-order valence-electron chi connectivity index (χ0n) is 11.3. The van der Waals surface area contributed by atoms with Gasteiger partial charge >= 0.3 is 17.8 Å². The van der Waals surface area contributed by atoms with Crippen molar-refractivity contribution in [3.05, 3.63) is 29.8 Å². The Bertz CT molecular complexity index is 482. The lowest BCUT2D eigenvalue weighted by atomic mass is 10.2. The number of rotatable bonds is 6. The Labute approximate surface area is 117 Å². The van der Waals surface area contributed by atoms with Crippen molar-refractivity contribution in [3.63, 3.8) is 0 Å². The zero-order valence-corrected chi connectivity index (χ0v) is 11.3. The highest BCUT2D eigenvalue weighted by Gasteiger charge is 2.12. The van der Waals surface area contributed by atoms with Crippen LogP contribution in [0.25, 0.3) is 0 Å². The van der Waals surface area contributed by atoms with Gasteiger partial charge in [0.2, 0.25) is 0 Å². The van der Waals surface area contributed by atoms with Gasteiger partial charge in [-0.3, -0.25) is 14.4 Å². The molecule has 1 aromatic rings. The molecule has 0 fully saturated rings. The van der Waals surface area contributed by atoms with Crippen LogP contribution in [-0.4, -0.2) is 29.4 Å². The van der Waals surface area contributed by atoms with Gasteiger partial charge in [0.15, 0.2) is 0 Å². The fraction of sp³-hybridized carbons (Fsp3) is 0.357. The maximum Gasteiger partial charge on any atom is 0.313 e. The van der Waals surface area contributed by atoms with Gasteiger partial charge in [-0.2, -0.15) is 0 Å². The molecule has 0 radical (unpaired) electrons. The van der Waals surface area contributed by atoms with Crippen molar-refractivity contribution in [1.82, 2.24) is 5.32 Å². The quantitative estimate of drug-likeness (QED) is 0.540. The summed E-state index contributed by atoms with van der Waals surface area (Å²) in [6.45, 7) is 2.21. The largest absolute Gasteiger partial charge is 0.481 e. The van der Waals surface area contributed by atoms with E-state index in [-0.39, 0.29) is 13.0 Å². The second-order valence-corrected chi connectivity index (χ2v) is 4.43. The van der Waals surface area contributed by atoms with Gasteiger partial charge in [0, 0.05) is 18.7 Å². The van der Waals surface area contributed by atoms with E-state index in [1.54, 1.807) is 12.1 Å². The maximum atomic E-state index is 11.6. The number of carboxylic acids is 1. The van der Waals surface area contributed by atoms with Crippen LogP contribution in [0.3, 0.4) is 0 Å². The molecule has 6 nitrogen and oxygen atoms in total.